The summed E-state index contributed by atoms with van der Waals surface area (Å²) in [6.45, 7) is 0.704. The molecule has 0 saturated carbocycles. The van der Waals surface area contributed by atoms with Crippen molar-refractivity contribution in [2.75, 3.05) is 5.32 Å². The Bertz CT molecular complexity index is 560. The summed E-state index contributed by atoms with van der Waals surface area (Å²) in [7, 11) is 1.73. The summed E-state index contributed by atoms with van der Waals surface area (Å²) >= 11 is 5.81. The van der Waals surface area contributed by atoms with Gasteiger partial charge < -0.3 is 9.88 Å². The van der Waals surface area contributed by atoms with Crippen molar-refractivity contribution in [2.45, 2.75) is 6.54 Å². The summed E-state index contributed by atoms with van der Waals surface area (Å²) in [5, 5.41) is 3.98. The molecule has 0 fully saturated rings. The number of aryl methyl sites for hydroxylation is 1. The molecule has 0 spiro atoms. The van der Waals surface area contributed by atoms with Gasteiger partial charge in [-0.05, 0) is 23.8 Å². The normalized spacial score (nSPS) is 10.2. The summed E-state index contributed by atoms with van der Waals surface area (Å²) in [6.07, 6.45) is 1.78. The lowest BCUT2D eigenvalue weighted by Gasteiger charge is -2.07. The summed E-state index contributed by atoms with van der Waals surface area (Å²) in [5.41, 5.74) is 2.05. The van der Waals surface area contributed by atoms with Gasteiger partial charge in [0.1, 0.15) is 0 Å². The standard InChI is InChI=1S/C13H13ClN2O/c1-16-9-12(6-7-13(16)17)15-8-10-2-4-11(14)5-3-10/h2-7,9,15H,8H2,1H3. The second-order valence-corrected chi connectivity index (χ2v) is 4.28. The minimum Gasteiger partial charge on any atom is -0.380 e. The van der Waals surface area contributed by atoms with Gasteiger partial charge in [0.15, 0.2) is 0 Å². The molecular weight excluding hydrogens is 236 g/mol. The first-order chi connectivity index (χ1) is 8.15. The Labute approximate surface area is 105 Å². The molecule has 0 aliphatic heterocycles. The third-order valence-corrected chi connectivity index (χ3v) is 2.75. The van der Waals surface area contributed by atoms with Crippen LogP contribution in [0.15, 0.2) is 47.4 Å². The molecule has 0 saturated heterocycles. The Kier molecular flexibility index (Phi) is 3.49. The van der Waals surface area contributed by atoms with E-state index in [9.17, 15) is 4.79 Å². The van der Waals surface area contributed by atoms with Gasteiger partial charge in [0.25, 0.3) is 0 Å². The molecule has 0 radical (unpaired) electrons. The van der Waals surface area contributed by atoms with Crippen LogP contribution in [0, 0.1) is 0 Å². The number of halogens is 1. The van der Waals surface area contributed by atoms with Crippen molar-refractivity contribution in [3.63, 3.8) is 0 Å². The van der Waals surface area contributed by atoms with E-state index < -0.39 is 0 Å². The molecule has 0 bridgehead atoms. The van der Waals surface area contributed by atoms with E-state index >= 15 is 0 Å². The number of benzene rings is 1. The van der Waals surface area contributed by atoms with E-state index in [4.69, 9.17) is 11.6 Å². The number of aromatic nitrogens is 1. The van der Waals surface area contributed by atoms with E-state index in [1.165, 1.54) is 0 Å². The van der Waals surface area contributed by atoms with Gasteiger partial charge in [-0.1, -0.05) is 23.7 Å². The van der Waals surface area contributed by atoms with Crippen LogP contribution in [0.4, 0.5) is 5.69 Å². The van der Waals surface area contributed by atoms with Crippen molar-refractivity contribution in [3.05, 3.63) is 63.5 Å². The van der Waals surface area contributed by atoms with E-state index in [-0.39, 0.29) is 5.56 Å². The second kappa shape index (κ2) is 5.06. The topological polar surface area (TPSA) is 34.0 Å². The lowest BCUT2D eigenvalue weighted by atomic mass is 10.2. The molecule has 2 aromatic rings. The van der Waals surface area contributed by atoms with E-state index in [1.54, 1.807) is 29.9 Å². The quantitative estimate of drug-likeness (QED) is 0.906. The van der Waals surface area contributed by atoms with E-state index in [0.29, 0.717) is 6.54 Å². The monoisotopic (exact) mass is 248 g/mol. The zero-order valence-electron chi connectivity index (χ0n) is 9.48. The van der Waals surface area contributed by atoms with Gasteiger partial charge in [-0.2, -0.15) is 0 Å². The highest BCUT2D eigenvalue weighted by atomic mass is 35.5. The van der Waals surface area contributed by atoms with Gasteiger partial charge in [-0.15, -0.1) is 0 Å². The minimum atomic E-state index is -0.0120. The van der Waals surface area contributed by atoms with Crippen molar-refractivity contribution in [1.82, 2.24) is 4.57 Å². The van der Waals surface area contributed by atoms with Crippen LogP contribution in [-0.2, 0) is 13.6 Å². The molecule has 1 aromatic heterocycles. The summed E-state index contributed by atoms with van der Waals surface area (Å²) < 4.78 is 1.55. The van der Waals surface area contributed by atoms with Crippen molar-refractivity contribution in [2.24, 2.45) is 7.05 Å². The average Bonchev–Trinajstić information content (AvgIpc) is 2.33. The summed E-state index contributed by atoms with van der Waals surface area (Å²) in [4.78, 5) is 11.2. The maximum absolute atomic E-state index is 11.2. The molecule has 0 aliphatic rings. The van der Waals surface area contributed by atoms with Crippen LogP contribution < -0.4 is 10.9 Å². The molecule has 4 heteroatoms. The zero-order chi connectivity index (χ0) is 12.3. The molecule has 0 atom stereocenters. The minimum absolute atomic E-state index is 0.0120. The molecule has 17 heavy (non-hydrogen) atoms. The number of pyridine rings is 1. The fourth-order valence-corrected chi connectivity index (χ4v) is 1.63. The van der Waals surface area contributed by atoms with E-state index in [2.05, 4.69) is 5.32 Å². The molecule has 2 rings (SSSR count). The fraction of sp³-hybridized carbons (Fsp3) is 0.154. The number of hydrogen-bond acceptors (Lipinski definition) is 2. The van der Waals surface area contributed by atoms with E-state index in [1.807, 2.05) is 24.3 Å². The molecule has 0 amide bonds. The predicted molar refractivity (Wildman–Crippen MR) is 70.5 cm³/mol. The Balaban J connectivity index is 2.04. The van der Waals surface area contributed by atoms with Crippen LogP contribution in [0.1, 0.15) is 5.56 Å². The molecule has 0 unspecified atom stereocenters. The number of nitrogens with one attached hydrogen (secondary N) is 1. The van der Waals surface area contributed by atoms with Gasteiger partial charge in [0.05, 0.1) is 5.69 Å². The first-order valence-corrected chi connectivity index (χ1v) is 5.68. The van der Waals surface area contributed by atoms with Gasteiger partial charge in [-0.3, -0.25) is 4.79 Å². The van der Waals surface area contributed by atoms with Crippen molar-refractivity contribution >= 4 is 17.3 Å². The van der Waals surface area contributed by atoms with Crippen LogP contribution in [0.5, 0.6) is 0 Å². The van der Waals surface area contributed by atoms with Crippen LogP contribution in [0.3, 0.4) is 0 Å². The average molecular weight is 249 g/mol. The lowest BCUT2D eigenvalue weighted by Crippen LogP contribution is -2.15. The molecule has 1 N–H and O–H groups in total. The number of nitrogens with zero attached hydrogens (tertiary/aromatic N) is 1. The predicted octanol–water partition coefficient (Wildman–Crippen LogP) is 2.65. The SMILES string of the molecule is Cn1cc(NCc2ccc(Cl)cc2)ccc1=O. The van der Waals surface area contributed by atoms with Crippen LogP contribution in [0.25, 0.3) is 0 Å². The van der Waals surface area contributed by atoms with Crippen LogP contribution in [0.2, 0.25) is 5.02 Å². The Morgan fingerprint density at radius 2 is 1.88 bits per heavy atom. The second-order valence-electron chi connectivity index (χ2n) is 3.85. The van der Waals surface area contributed by atoms with Crippen LogP contribution in [-0.4, -0.2) is 4.57 Å². The van der Waals surface area contributed by atoms with Crippen LogP contribution >= 0.6 is 11.6 Å². The molecule has 1 heterocycles. The third kappa shape index (κ3) is 3.11. The van der Waals surface area contributed by atoms with Crippen molar-refractivity contribution in [1.29, 1.82) is 0 Å². The molecule has 88 valence electrons. The van der Waals surface area contributed by atoms with Crippen molar-refractivity contribution in [3.8, 4) is 0 Å². The first-order valence-electron chi connectivity index (χ1n) is 5.30. The Hall–Kier alpha value is -1.74. The highest BCUT2D eigenvalue weighted by molar-refractivity contribution is 6.30. The smallest absolute Gasteiger partial charge is 0.250 e. The van der Waals surface area contributed by atoms with Gasteiger partial charge >= 0.3 is 0 Å². The summed E-state index contributed by atoms with van der Waals surface area (Å²) in [5.74, 6) is 0. The van der Waals surface area contributed by atoms with Gasteiger partial charge in [-0.25, -0.2) is 0 Å². The van der Waals surface area contributed by atoms with Gasteiger partial charge in [0, 0.05) is 30.9 Å². The largest absolute Gasteiger partial charge is 0.380 e. The maximum atomic E-state index is 11.2. The summed E-state index contributed by atoms with van der Waals surface area (Å²) in [6, 6.07) is 11.0. The Morgan fingerprint density at radius 1 is 1.18 bits per heavy atom. The van der Waals surface area contributed by atoms with E-state index in [0.717, 1.165) is 16.3 Å². The number of rotatable bonds is 3. The highest BCUT2D eigenvalue weighted by Gasteiger charge is 1.96. The number of anilines is 1. The molecule has 0 aliphatic carbocycles. The fourth-order valence-electron chi connectivity index (χ4n) is 1.50. The molecule has 3 nitrogen and oxygen atoms in total. The lowest BCUT2D eigenvalue weighted by molar-refractivity contribution is 0.859. The highest BCUT2D eigenvalue weighted by Crippen LogP contribution is 2.11. The maximum Gasteiger partial charge on any atom is 0.250 e. The zero-order valence-corrected chi connectivity index (χ0v) is 10.2. The third-order valence-electron chi connectivity index (χ3n) is 2.50. The van der Waals surface area contributed by atoms with Crippen molar-refractivity contribution < 1.29 is 0 Å². The van der Waals surface area contributed by atoms with Gasteiger partial charge in [0.2, 0.25) is 5.56 Å². The number of hydrogen-bond donors (Lipinski definition) is 1. The molecule has 1 aromatic carbocycles. The Morgan fingerprint density at radius 3 is 2.53 bits per heavy atom. The first kappa shape index (κ1) is 11.7. The molecular formula is C13H13ClN2O.